The summed E-state index contributed by atoms with van der Waals surface area (Å²) in [6.45, 7) is 13.2. The van der Waals surface area contributed by atoms with Crippen LogP contribution in [0.4, 0.5) is 0 Å². The number of rotatable bonds is 8. The average Bonchev–Trinajstić information content (AvgIpc) is 3.64. The van der Waals surface area contributed by atoms with Gasteiger partial charge < -0.3 is 14.2 Å². The second kappa shape index (κ2) is 8.90. The highest BCUT2D eigenvalue weighted by Gasteiger charge is 2.56. The van der Waals surface area contributed by atoms with Crippen molar-refractivity contribution in [3.63, 3.8) is 0 Å². The molecule has 1 aromatic carbocycles. The molecule has 0 amide bonds. The monoisotopic (exact) mass is 546 g/mol. The Morgan fingerprint density at radius 2 is 1.10 bits per heavy atom. The molecule has 0 aromatic heterocycles. The lowest BCUT2D eigenvalue weighted by molar-refractivity contribution is -0.0116. The zero-order chi connectivity index (χ0) is 27.5. The van der Waals surface area contributed by atoms with E-state index in [1.165, 1.54) is 82.8 Å². The fourth-order valence-electron chi connectivity index (χ4n) is 12.5. The van der Waals surface area contributed by atoms with Crippen LogP contribution in [-0.4, -0.2) is 24.9 Å². The third kappa shape index (κ3) is 4.73. The molecule has 8 saturated carbocycles. The van der Waals surface area contributed by atoms with Gasteiger partial charge in [0, 0.05) is 11.1 Å². The summed E-state index contributed by atoms with van der Waals surface area (Å²) in [6.07, 6.45) is 18.4. The first kappa shape index (κ1) is 26.4. The minimum absolute atomic E-state index is 0.208. The van der Waals surface area contributed by atoms with Crippen molar-refractivity contribution in [2.45, 2.75) is 141 Å². The van der Waals surface area contributed by atoms with Gasteiger partial charge in [0.25, 0.3) is 0 Å². The van der Waals surface area contributed by atoms with E-state index in [0.717, 1.165) is 54.3 Å². The third-order valence-corrected chi connectivity index (χ3v) is 12.4. The van der Waals surface area contributed by atoms with Crippen LogP contribution < -0.4 is 9.47 Å². The summed E-state index contributed by atoms with van der Waals surface area (Å²) < 4.78 is 19.8. The van der Waals surface area contributed by atoms with Gasteiger partial charge in [-0.2, -0.15) is 0 Å². The SMILES string of the molecule is CC(C)(C)CC(C)(C)Oc1cc(C23CC4CC(CC(C4)C2)C3)c(OCC2CO2)c(C23CC4CC(CC(C4)C2)C3)c1. The Hall–Kier alpha value is -1.22. The highest BCUT2D eigenvalue weighted by atomic mass is 16.6. The van der Waals surface area contributed by atoms with Gasteiger partial charge in [-0.3, -0.25) is 0 Å². The van der Waals surface area contributed by atoms with Gasteiger partial charge in [0.05, 0.1) is 6.61 Å². The molecule has 8 aliphatic carbocycles. The van der Waals surface area contributed by atoms with Crippen molar-refractivity contribution >= 4 is 0 Å². The summed E-state index contributed by atoms with van der Waals surface area (Å²) in [6, 6.07) is 5.01. The predicted octanol–water partition coefficient (Wildman–Crippen LogP) is 8.99. The number of epoxide rings is 1. The standard InChI is InChI=1S/C37H54O3/c1-34(2,3)22-35(4,5)40-29-12-31(36-14-23-6-24(15-36)8-25(7-23)16-36)33(39-21-30-20-38-30)32(13-29)37-17-26-9-27(18-37)11-28(10-26)19-37/h12-13,23-28,30H,6-11,14-22H2,1-5H3. The molecule has 40 heavy (non-hydrogen) atoms. The Morgan fingerprint density at radius 3 is 1.45 bits per heavy atom. The largest absolute Gasteiger partial charge is 0.490 e. The fourth-order valence-corrected chi connectivity index (χ4v) is 12.5. The highest BCUT2D eigenvalue weighted by Crippen LogP contribution is 2.66. The average molecular weight is 547 g/mol. The molecule has 9 aliphatic rings. The van der Waals surface area contributed by atoms with Crippen LogP contribution in [0.25, 0.3) is 0 Å². The number of ether oxygens (including phenoxy) is 3. The molecule has 8 bridgehead atoms. The molecule has 0 N–H and O–H groups in total. The molecular formula is C37H54O3. The molecular weight excluding hydrogens is 492 g/mol. The van der Waals surface area contributed by atoms with Crippen LogP contribution in [0.15, 0.2) is 12.1 Å². The van der Waals surface area contributed by atoms with Crippen molar-refractivity contribution in [2.24, 2.45) is 40.9 Å². The van der Waals surface area contributed by atoms with Crippen molar-refractivity contribution in [2.75, 3.05) is 13.2 Å². The molecule has 1 atom stereocenters. The van der Waals surface area contributed by atoms with Crippen molar-refractivity contribution in [1.29, 1.82) is 0 Å². The van der Waals surface area contributed by atoms with Crippen LogP contribution in [0.3, 0.4) is 0 Å². The minimum atomic E-state index is -0.208. The van der Waals surface area contributed by atoms with Gasteiger partial charge in [-0.1, -0.05) is 20.8 Å². The molecule has 9 fully saturated rings. The molecule has 3 nitrogen and oxygen atoms in total. The fraction of sp³-hybridized carbons (Fsp3) is 0.838. The predicted molar refractivity (Wildman–Crippen MR) is 160 cm³/mol. The van der Waals surface area contributed by atoms with E-state index >= 15 is 0 Å². The second-order valence-corrected chi connectivity index (χ2v) is 18.1. The van der Waals surface area contributed by atoms with E-state index in [-0.39, 0.29) is 27.9 Å². The number of hydrogen-bond acceptors (Lipinski definition) is 3. The van der Waals surface area contributed by atoms with Crippen LogP contribution in [0.1, 0.15) is 129 Å². The van der Waals surface area contributed by atoms with Crippen LogP contribution in [-0.2, 0) is 15.6 Å². The van der Waals surface area contributed by atoms with Gasteiger partial charge in [-0.25, -0.2) is 0 Å². The van der Waals surface area contributed by atoms with Gasteiger partial charge >= 0.3 is 0 Å². The first-order valence-corrected chi connectivity index (χ1v) is 17.1. The summed E-state index contributed by atoms with van der Waals surface area (Å²) in [5, 5.41) is 0. The van der Waals surface area contributed by atoms with Crippen molar-refractivity contribution in [1.82, 2.24) is 0 Å². The summed E-state index contributed by atoms with van der Waals surface area (Å²) >= 11 is 0. The van der Waals surface area contributed by atoms with Gasteiger partial charge in [-0.05, 0) is 161 Å². The lowest BCUT2D eigenvalue weighted by Crippen LogP contribution is -2.50. The smallest absolute Gasteiger partial charge is 0.127 e. The van der Waals surface area contributed by atoms with Crippen molar-refractivity contribution in [3.05, 3.63) is 23.3 Å². The topological polar surface area (TPSA) is 31.0 Å². The first-order valence-electron chi connectivity index (χ1n) is 17.1. The molecule has 0 radical (unpaired) electrons. The highest BCUT2D eigenvalue weighted by molar-refractivity contribution is 5.55. The zero-order valence-electron chi connectivity index (χ0n) is 26.0. The van der Waals surface area contributed by atoms with Gasteiger partial charge in [0.2, 0.25) is 0 Å². The van der Waals surface area contributed by atoms with Gasteiger partial charge in [0.1, 0.15) is 29.8 Å². The van der Waals surface area contributed by atoms with Crippen molar-refractivity contribution < 1.29 is 14.2 Å². The molecule has 0 spiro atoms. The van der Waals surface area contributed by atoms with Gasteiger partial charge in [-0.15, -0.1) is 0 Å². The van der Waals surface area contributed by atoms with Crippen LogP contribution >= 0.6 is 0 Å². The Balaban J connectivity index is 1.27. The number of benzene rings is 1. The van der Waals surface area contributed by atoms with Crippen LogP contribution in [0, 0.1) is 40.9 Å². The zero-order valence-corrected chi connectivity index (χ0v) is 26.0. The Bertz CT molecular complexity index is 1010. The summed E-state index contributed by atoms with van der Waals surface area (Å²) in [5.41, 5.74) is 3.66. The first-order chi connectivity index (χ1) is 18.9. The number of hydrogen-bond donors (Lipinski definition) is 0. The molecule has 1 aliphatic heterocycles. The Labute approximate surface area is 243 Å². The summed E-state index contributed by atoms with van der Waals surface area (Å²) in [5.74, 6) is 7.89. The quantitative estimate of drug-likeness (QED) is 0.305. The van der Waals surface area contributed by atoms with Crippen LogP contribution in [0.5, 0.6) is 11.5 Å². The maximum absolute atomic E-state index is 7.10. The second-order valence-electron chi connectivity index (χ2n) is 18.1. The normalized spacial score (nSPS) is 42.9. The van der Waals surface area contributed by atoms with E-state index in [1.807, 2.05) is 0 Å². The summed E-state index contributed by atoms with van der Waals surface area (Å²) in [4.78, 5) is 0. The third-order valence-electron chi connectivity index (χ3n) is 12.4. The Kier molecular flexibility index (Phi) is 5.88. The lowest BCUT2D eigenvalue weighted by Gasteiger charge is -2.59. The van der Waals surface area contributed by atoms with Crippen molar-refractivity contribution in [3.8, 4) is 11.5 Å². The van der Waals surface area contributed by atoms with E-state index in [4.69, 9.17) is 14.2 Å². The summed E-state index contributed by atoms with van der Waals surface area (Å²) in [7, 11) is 0. The van der Waals surface area contributed by atoms with E-state index in [2.05, 4.69) is 46.8 Å². The molecule has 10 rings (SSSR count). The molecule has 1 heterocycles. The molecule has 220 valence electrons. The van der Waals surface area contributed by atoms with Crippen LogP contribution in [0.2, 0.25) is 0 Å². The molecule has 1 unspecified atom stereocenters. The Morgan fingerprint density at radius 1 is 0.700 bits per heavy atom. The van der Waals surface area contributed by atoms with E-state index in [1.54, 1.807) is 11.1 Å². The maximum atomic E-state index is 7.10. The van der Waals surface area contributed by atoms with E-state index < -0.39 is 0 Å². The maximum Gasteiger partial charge on any atom is 0.127 e. The van der Waals surface area contributed by atoms with E-state index in [0.29, 0.717) is 6.61 Å². The van der Waals surface area contributed by atoms with E-state index in [9.17, 15) is 0 Å². The lowest BCUT2D eigenvalue weighted by atomic mass is 9.46. The molecule has 3 heteroatoms. The minimum Gasteiger partial charge on any atom is -0.490 e. The molecule has 1 saturated heterocycles. The molecule has 1 aromatic rings. The van der Waals surface area contributed by atoms with Gasteiger partial charge in [0.15, 0.2) is 0 Å².